The van der Waals surface area contributed by atoms with E-state index in [9.17, 15) is 0 Å². The number of likely N-dealkylation sites (tertiary alicyclic amines) is 1. The molecule has 0 saturated carbocycles. The van der Waals surface area contributed by atoms with Crippen LogP contribution in [0.15, 0.2) is 42.1 Å². The summed E-state index contributed by atoms with van der Waals surface area (Å²) in [5.41, 5.74) is 5.45. The highest BCUT2D eigenvalue weighted by Gasteiger charge is 2.24. The monoisotopic (exact) mass is 367 g/mol. The van der Waals surface area contributed by atoms with Crippen LogP contribution in [-0.2, 0) is 4.74 Å². The average molecular weight is 368 g/mol. The zero-order valence-electron chi connectivity index (χ0n) is 16.8. The number of dihydropyridines is 1. The summed E-state index contributed by atoms with van der Waals surface area (Å²) in [7, 11) is 0. The molecule has 27 heavy (non-hydrogen) atoms. The van der Waals surface area contributed by atoms with Crippen molar-refractivity contribution in [3.63, 3.8) is 0 Å². The lowest BCUT2D eigenvalue weighted by molar-refractivity contribution is 0.122. The van der Waals surface area contributed by atoms with E-state index in [4.69, 9.17) is 4.74 Å². The molecule has 0 radical (unpaired) electrons. The third kappa shape index (κ3) is 4.39. The standard InChI is InChI=1S/C23H33N3O/c1-18(2)25-11-9-20(10-12-25)23-8-5-21(17-24-23)19-3-6-22(7-4-19)26-13-15-27-16-14-26/h3-8,18,20,24H,9-17H2,1-2H3. The second-order valence-corrected chi connectivity index (χ2v) is 8.22. The number of hydrogen-bond donors (Lipinski definition) is 1. The van der Waals surface area contributed by atoms with Crippen molar-refractivity contribution < 1.29 is 4.74 Å². The summed E-state index contributed by atoms with van der Waals surface area (Å²) in [6.07, 6.45) is 7.19. The van der Waals surface area contributed by atoms with E-state index in [1.54, 1.807) is 0 Å². The Balaban J connectivity index is 1.38. The summed E-state index contributed by atoms with van der Waals surface area (Å²) in [5, 5.41) is 3.71. The molecule has 4 nitrogen and oxygen atoms in total. The van der Waals surface area contributed by atoms with Crippen molar-refractivity contribution in [2.24, 2.45) is 5.92 Å². The number of nitrogens with one attached hydrogen (secondary N) is 1. The number of rotatable bonds is 4. The van der Waals surface area contributed by atoms with E-state index in [0.717, 1.165) is 32.8 Å². The van der Waals surface area contributed by atoms with E-state index >= 15 is 0 Å². The van der Waals surface area contributed by atoms with Crippen molar-refractivity contribution in [2.75, 3.05) is 50.8 Å². The third-order valence-corrected chi connectivity index (χ3v) is 6.26. The van der Waals surface area contributed by atoms with Gasteiger partial charge in [0.25, 0.3) is 0 Å². The van der Waals surface area contributed by atoms with E-state index in [2.05, 4.69) is 65.4 Å². The van der Waals surface area contributed by atoms with Crippen LogP contribution in [0.4, 0.5) is 5.69 Å². The number of piperidine rings is 1. The van der Waals surface area contributed by atoms with Crippen LogP contribution in [0, 0.1) is 5.92 Å². The molecule has 0 aliphatic carbocycles. The molecule has 0 unspecified atom stereocenters. The van der Waals surface area contributed by atoms with Crippen LogP contribution < -0.4 is 10.2 Å². The molecule has 1 N–H and O–H groups in total. The minimum Gasteiger partial charge on any atom is -0.384 e. The van der Waals surface area contributed by atoms with Crippen molar-refractivity contribution in [3.05, 3.63) is 47.7 Å². The lowest BCUT2D eigenvalue weighted by atomic mass is 9.90. The molecule has 3 aliphatic heterocycles. The number of hydrogen-bond acceptors (Lipinski definition) is 4. The van der Waals surface area contributed by atoms with Gasteiger partial charge in [-0.15, -0.1) is 0 Å². The molecule has 3 aliphatic rings. The highest BCUT2D eigenvalue weighted by molar-refractivity contribution is 5.71. The Labute approximate surface area is 163 Å². The molecule has 0 spiro atoms. The molecular formula is C23H33N3O. The molecule has 4 rings (SSSR count). The lowest BCUT2D eigenvalue weighted by Crippen LogP contribution is -2.40. The molecule has 0 amide bonds. The second-order valence-electron chi connectivity index (χ2n) is 8.22. The molecule has 3 heterocycles. The van der Waals surface area contributed by atoms with Crippen molar-refractivity contribution in [1.29, 1.82) is 0 Å². The van der Waals surface area contributed by atoms with Crippen molar-refractivity contribution in [2.45, 2.75) is 32.7 Å². The van der Waals surface area contributed by atoms with Gasteiger partial charge in [0.05, 0.1) is 13.2 Å². The predicted molar refractivity (Wildman–Crippen MR) is 113 cm³/mol. The van der Waals surface area contributed by atoms with Gasteiger partial charge < -0.3 is 19.9 Å². The van der Waals surface area contributed by atoms with E-state index in [-0.39, 0.29) is 0 Å². The zero-order chi connectivity index (χ0) is 18.6. The Morgan fingerprint density at radius 3 is 2.26 bits per heavy atom. The molecule has 146 valence electrons. The van der Waals surface area contributed by atoms with Crippen molar-refractivity contribution in [1.82, 2.24) is 10.2 Å². The van der Waals surface area contributed by atoms with Crippen LogP contribution in [0.1, 0.15) is 32.3 Å². The van der Waals surface area contributed by atoms with Gasteiger partial charge in [0.2, 0.25) is 0 Å². The topological polar surface area (TPSA) is 27.7 Å². The number of ether oxygens (including phenoxy) is 1. The van der Waals surface area contributed by atoms with Gasteiger partial charge >= 0.3 is 0 Å². The first-order chi connectivity index (χ1) is 13.2. The Morgan fingerprint density at radius 2 is 1.67 bits per heavy atom. The lowest BCUT2D eigenvalue weighted by Gasteiger charge is -2.36. The molecule has 0 bridgehead atoms. The fourth-order valence-electron chi connectivity index (χ4n) is 4.42. The number of benzene rings is 1. The summed E-state index contributed by atoms with van der Waals surface area (Å²) in [6.45, 7) is 11.6. The van der Waals surface area contributed by atoms with Crippen LogP contribution in [0.25, 0.3) is 5.57 Å². The van der Waals surface area contributed by atoms with Crippen LogP contribution >= 0.6 is 0 Å². The summed E-state index contributed by atoms with van der Waals surface area (Å²) < 4.78 is 5.45. The summed E-state index contributed by atoms with van der Waals surface area (Å²) >= 11 is 0. The Hall–Kier alpha value is -1.78. The van der Waals surface area contributed by atoms with Gasteiger partial charge in [-0.05, 0) is 69.1 Å². The Kier molecular flexibility index (Phi) is 5.84. The van der Waals surface area contributed by atoms with Gasteiger partial charge in [-0.3, -0.25) is 0 Å². The van der Waals surface area contributed by atoms with E-state index in [1.807, 2.05) is 0 Å². The van der Waals surface area contributed by atoms with E-state index in [1.165, 1.54) is 48.5 Å². The number of allylic oxidation sites excluding steroid dienone is 3. The number of morpholine rings is 1. The Bertz CT molecular complexity index is 678. The first-order valence-corrected chi connectivity index (χ1v) is 10.5. The molecule has 0 aromatic heterocycles. The van der Waals surface area contributed by atoms with Crippen LogP contribution in [-0.4, -0.2) is 56.9 Å². The molecule has 1 aromatic rings. The second kappa shape index (κ2) is 8.49. The summed E-state index contributed by atoms with van der Waals surface area (Å²) in [4.78, 5) is 5.00. The number of nitrogens with zero attached hydrogens (tertiary/aromatic N) is 2. The fourth-order valence-corrected chi connectivity index (χ4v) is 4.42. The minimum atomic E-state index is 0.672. The maximum Gasteiger partial charge on any atom is 0.0642 e. The van der Waals surface area contributed by atoms with Gasteiger partial charge in [-0.1, -0.05) is 18.2 Å². The normalized spacial score (nSPS) is 22.4. The molecular weight excluding hydrogens is 334 g/mol. The third-order valence-electron chi connectivity index (χ3n) is 6.26. The first kappa shape index (κ1) is 18.6. The molecule has 2 saturated heterocycles. The van der Waals surface area contributed by atoms with Gasteiger partial charge in [-0.25, -0.2) is 0 Å². The van der Waals surface area contributed by atoms with Crippen LogP contribution in [0.5, 0.6) is 0 Å². The van der Waals surface area contributed by atoms with Gasteiger partial charge in [-0.2, -0.15) is 0 Å². The largest absolute Gasteiger partial charge is 0.384 e. The predicted octanol–water partition coefficient (Wildman–Crippen LogP) is 3.51. The molecule has 0 atom stereocenters. The minimum absolute atomic E-state index is 0.672. The highest BCUT2D eigenvalue weighted by Crippen LogP contribution is 2.28. The van der Waals surface area contributed by atoms with Gasteiger partial charge in [0.1, 0.15) is 0 Å². The fraction of sp³-hybridized carbons (Fsp3) is 0.565. The summed E-state index contributed by atoms with van der Waals surface area (Å²) in [5.74, 6) is 0.696. The first-order valence-electron chi connectivity index (χ1n) is 10.5. The molecule has 2 fully saturated rings. The smallest absolute Gasteiger partial charge is 0.0642 e. The van der Waals surface area contributed by atoms with Gasteiger partial charge in [0, 0.05) is 43.0 Å². The molecule has 4 heteroatoms. The SMILES string of the molecule is CC(C)N1CCC(C2=CC=C(c3ccc(N4CCOCC4)cc3)CN2)CC1. The zero-order valence-corrected chi connectivity index (χ0v) is 16.8. The van der Waals surface area contributed by atoms with E-state index < -0.39 is 0 Å². The molecule has 1 aromatic carbocycles. The number of anilines is 1. The van der Waals surface area contributed by atoms with Crippen molar-refractivity contribution in [3.8, 4) is 0 Å². The maximum absolute atomic E-state index is 5.45. The van der Waals surface area contributed by atoms with Gasteiger partial charge in [0.15, 0.2) is 0 Å². The summed E-state index contributed by atoms with van der Waals surface area (Å²) in [6, 6.07) is 9.70. The maximum atomic E-state index is 5.45. The highest BCUT2D eigenvalue weighted by atomic mass is 16.5. The van der Waals surface area contributed by atoms with Crippen molar-refractivity contribution >= 4 is 11.3 Å². The van der Waals surface area contributed by atoms with E-state index in [0.29, 0.717) is 12.0 Å². The van der Waals surface area contributed by atoms with Crippen LogP contribution in [0.2, 0.25) is 0 Å². The average Bonchev–Trinajstić information content (AvgIpc) is 2.75. The quantitative estimate of drug-likeness (QED) is 0.881. The van der Waals surface area contributed by atoms with Crippen LogP contribution in [0.3, 0.4) is 0 Å². The Morgan fingerprint density at radius 1 is 0.963 bits per heavy atom.